The summed E-state index contributed by atoms with van der Waals surface area (Å²) in [6.45, 7) is 4.26. The second-order valence-electron chi connectivity index (χ2n) is 5.11. The number of aryl methyl sites for hydroxylation is 1. The van der Waals surface area contributed by atoms with Crippen molar-refractivity contribution in [3.63, 3.8) is 0 Å². The third-order valence-corrected chi connectivity index (χ3v) is 4.08. The highest BCUT2D eigenvalue weighted by Gasteiger charge is 2.15. The van der Waals surface area contributed by atoms with Gasteiger partial charge in [0.25, 0.3) is 0 Å². The van der Waals surface area contributed by atoms with Crippen LogP contribution in [0.25, 0.3) is 0 Å². The molecule has 2 rings (SSSR count). The molecule has 19 heavy (non-hydrogen) atoms. The highest BCUT2D eigenvalue weighted by Crippen LogP contribution is 2.20. The number of benzene rings is 1. The van der Waals surface area contributed by atoms with E-state index in [1.54, 1.807) is 0 Å². The molecule has 0 unspecified atom stereocenters. The van der Waals surface area contributed by atoms with E-state index in [9.17, 15) is 4.79 Å². The van der Waals surface area contributed by atoms with Crippen molar-refractivity contribution in [1.29, 1.82) is 0 Å². The summed E-state index contributed by atoms with van der Waals surface area (Å²) >= 11 is 3.45. The van der Waals surface area contributed by atoms with E-state index >= 15 is 0 Å². The molecule has 0 aliphatic carbocycles. The van der Waals surface area contributed by atoms with Crippen molar-refractivity contribution in [2.24, 2.45) is 0 Å². The van der Waals surface area contributed by atoms with E-state index in [1.165, 1.54) is 12.8 Å². The number of nitrogens with zero attached hydrogens (tertiary/aromatic N) is 1. The fourth-order valence-corrected chi connectivity index (χ4v) is 2.75. The summed E-state index contributed by atoms with van der Waals surface area (Å²) in [7, 11) is 0. The Labute approximate surface area is 123 Å². The molecule has 0 spiro atoms. The lowest BCUT2D eigenvalue weighted by atomic mass is 10.2. The topological polar surface area (TPSA) is 32.3 Å². The first-order chi connectivity index (χ1) is 9.16. The van der Waals surface area contributed by atoms with E-state index in [1.807, 2.05) is 30.0 Å². The number of nitrogens with one attached hydrogen (secondary N) is 1. The van der Waals surface area contributed by atoms with Crippen molar-refractivity contribution in [3.05, 3.63) is 28.2 Å². The summed E-state index contributed by atoms with van der Waals surface area (Å²) in [4.78, 5) is 14.2. The number of carbonyl (C=O) groups excluding carboxylic acids is 1. The average Bonchev–Trinajstić information content (AvgIpc) is 2.68. The number of carbonyl (C=O) groups is 1. The maximum atomic E-state index is 12.2. The third-order valence-electron chi connectivity index (χ3n) is 3.59. The number of halogens is 1. The predicted octanol–water partition coefficient (Wildman–Crippen LogP) is 3.57. The minimum absolute atomic E-state index is 0.210. The summed E-state index contributed by atoms with van der Waals surface area (Å²) in [5.41, 5.74) is 2.18. The van der Waals surface area contributed by atoms with E-state index in [4.69, 9.17) is 0 Å². The Morgan fingerprint density at radius 1 is 1.26 bits per heavy atom. The maximum absolute atomic E-state index is 12.2. The second kappa shape index (κ2) is 6.94. The second-order valence-corrected chi connectivity index (χ2v) is 6.02. The Kier molecular flexibility index (Phi) is 5.25. The molecule has 1 heterocycles. The van der Waals surface area contributed by atoms with Crippen molar-refractivity contribution in [3.8, 4) is 0 Å². The van der Waals surface area contributed by atoms with E-state index in [-0.39, 0.29) is 5.91 Å². The van der Waals surface area contributed by atoms with Crippen LogP contribution in [-0.2, 0) is 4.79 Å². The molecular weight excluding hydrogens is 304 g/mol. The standard InChI is InChI=1S/C15H21BrN2O/c1-12-6-7-13(16)10-14(12)17-11-15(19)18-8-4-2-3-5-9-18/h6-7,10,17H,2-5,8-9,11H2,1H3. The monoisotopic (exact) mass is 324 g/mol. The van der Waals surface area contributed by atoms with E-state index < -0.39 is 0 Å². The number of amides is 1. The maximum Gasteiger partial charge on any atom is 0.241 e. The molecule has 4 heteroatoms. The van der Waals surface area contributed by atoms with E-state index in [0.717, 1.165) is 41.7 Å². The summed E-state index contributed by atoms with van der Waals surface area (Å²) in [5.74, 6) is 0.210. The number of hydrogen-bond acceptors (Lipinski definition) is 2. The Balaban J connectivity index is 1.90. The molecule has 0 bridgehead atoms. The first-order valence-electron chi connectivity index (χ1n) is 6.94. The number of rotatable bonds is 3. The predicted molar refractivity (Wildman–Crippen MR) is 82.4 cm³/mol. The Morgan fingerprint density at radius 3 is 2.63 bits per heavy atom. The highest BCUT2D eigenvalue weighted by atomic mass is 79.9. The lowest BCUT2D eigenvalue weighted by Crippen LogP contribution is -2.36. The van der Waals surface area contributed by atoms with Gasteiger partial charge in [-0.3, -0.25) is 4.79 Å². The van der Waals surface area contributed by atoms with E-state index in [0.29, 0.717) is 6.54 Å². The summed E-state index contributed by atoms with van der Waals surface area (Å²) in [5, 5.41) is 3.25. The molecule has 0 radical (unpaired) electrons. The zero-order chi connectivity index (χ0) is 13.7. The molecule has 0 aromatic heterocycles. The molecule has 1 aliphatic rings. The molecule has 3 nitrogen and oxygen atoms in total. The lowest BCUT2D eigenvalue weighted by molar-refractivity contribution is -0.129. The van der Waals surface area contributed by atoms with Gasteiger partial charge in [0.2, 0.25) is 5.91 Å². The Hall–Kier alpha value is -1.03. The van der Waals surface area contributed by atoms with Gasteiger partial charge in [0.15, 0.2) is 0 Å². The molecule has 1 saturated heterocycles. The Bertz CT molecular complexity index is 440. The average molecular weight is 325 g/mol. The van der Waals surface area contributed by atoms with Crippen LogP contribution in [0.5, 0.6) is 0 Å². The van der Waals surface area contributed by atoms with Crippen LogP contribution in [0, 0.1) is 6.92 Å². The van der Waals surface area contributed by atoms with E-state index in [2.05, 4.69) is 21.2 Å². The molecule has 1 aromatic carbocycles. The fraction of sp³-hybridized carbons (Fsp3) is 0.533. The van der Waals surface area contributed by atoms with Gasteiger partial charge in [0.05, 0.1) is 6.54 Å². The van der Waals surface area contributed by atoms with Gasteiger partial charge in [0, 0.05) is 23.2 Å². The first kappa shape index (κ1) is 14.4. The quantitative estimate of drug-likeness (QED) is 0.921. The highest BCUT2D eigenvalue weighted by molar-refractivity contribution is 9.10. The number of anilines is 1. The van der Waals surface area contributed by atoms with Gasteiger partial charge in [-0.2, -0.15) is 0 Å². The van der Waals surface area contributed by atoms with Crippen LogP contribution >= 0.6 is 15.9 Å². The largest absolute Gasteiger partial charge is 0.376 e. The van der Waals surface area contributed by atoms with Crippen molar-refractivity contribution in [2.75, 3.05) is 25.0 Å². The minimum Gasteiger partial charge on any atom is -0.376 e. The van der Waals surface area contributed by atoms with Crippen LogP contribution in [0.15, 0.2) is 22.7 Å². The number of hydrogen-bond donors (Lipinski definition) is 1. The molecule has 0 atom stereocenters. The molecule has 1 aliphatic heterocycles. The summed E-state index contributed by atoms with van der Waals surface area (Å²) in [6.07, 6.45) is 4.78. The van der Waals surface area contributed by atoms with Crippen molar-refractivity contribution in [2.45, 2.75) is 32.6 Å². The lowest BCUT2D eigenvalue weighted by Gasteiger charge is -2.21. The summed E-state index contributed by atoms with van der Waals surface area (Å²) in [6, 6.07) is 6.07. The molecule has 104 valence electrons. The van der Waals surface area contributed by atoms with Crippen LogP contribution in [0.3, 0.4) is 0 Å². The first-order valence-corrected chi connectivity index (χ1v) is 7.74. The molecule has 1 amide bonds. The van der Waals surface area contributed by atoms with Gasteiger partial charge in [-0.25, -0.2) is 0 Å². The van der Waals surface area contributed by atoms with Gasteiger partial charge >= 0.3 is 0 Å². The van der Waals surface area contributed by atoms with Gasteiger partial charge in [0.1, 0.15) is 0 Å². The van der Waals surface area contributed by atoms with Crippen LogP contribution in [0.1, 0.15) is 31.2 Å². The third kappa shape index (κ3) is 4.23. The fourth-order valence-electron chi connectivity index (χ4n) is 2.39. The molecular formula is C15H21BrN2O. The minimum atomic E-state index is 0.210. The Morgan fingerprint density at radius 2 is 1.95 bits per heavy atom. The zero-order valence-corrected chi connectivity index (χ0v) is 13.0. The molecule has 1 N–H and O–H groups in total. The molecule has 0 saturated carbocycles. The van der Waals surface area contributed by atoms with Crippen LogP contribution in [0.4, 0.5) is 5.69 Å². The molecule has 1 fully saturated rings. The van der Waals surface area contributed by atoms with Gasteiger partial charge in [-0.15, -0.1) is 0 Å². The van der Waals surface area contributed by atoms with Gasteiger partial charge in [-0.05, 0) is 37.5 Å². The van der Waals surface area contributed by atoms with Gasteiger partial charge < -0.3 is 10.2 Å². The number of likely N-dealkylation sites (tertiary alicyclic amines) is 1. The zero-order valence-electron chi connectivity index (χ0n) is 11.4. The normalized spacial score (nSPS) is 16.0. The van der Waals surface area contributed by atoms with Gasteiger partial charge in [-0.1, -0.05) is 34.8 Å². The summed E-state index contributed by atoms with van der Waals surface area (Å²) < 4.78 is 1.03. The SMILES string of the molecule is Cc1ccc(Br)cc1NCC(=O)N1CCCCCC1. The van der Waals surface area contributed by atoms with Crippen molar-refractivity contribution in [1.82, 2.24) is 4.90 Å². The van der Waals surface area contributed by atoms with Crippen LogP contribution < -0.4 is 5.32 Å². The van der Waals surface area contributed by atoms with Crippen LogP contribution in [0.2, 0.25) is 0 Å². The van der Waals surface area contributed by atoms with Crippen LogP contribution in [-0.4, -0.2) is 30.4 Å². The van der Waals surface area contributed by atoms with Crippen molar-refractivity contribution < 1.29 is 4.79 Å². The smallest absolute Gasteiger partial charge is 0.241 e. The van der Waals surface area contributed by atoms with Crippen molar-refractivity contribution >= 4 is 27.5 Å². The molecule has 1 aromatic rings.